The van der Waals surface area contributed by atoms with Crippen molar-refractivity contribution >= 4 is 85.7 Å². The molecule has 5 rings (SSSR count). The van der Waals surface area contributed by atoms with Crippen molar-refractivity contribution in [1.82, 2.24) is 0 Å². The Balaban J connectivity index is 1.45. The Labute approximate surface area is 258 Å². The molecule has 206 valence electrons. The normalized spacial score (nSPS) is 13.0. The summed E-state index contributed by atoms with van der Waals surface area (Å²) < 4.78 is 6.09. The summed E-state index contributed by atoms with van der Waals surface area (Å²) in [5.41, 5.74) is 1.94. The van der Waals surface area contributed by atoms with Crippen LogP contribution in [0.2, 0.25) is 10.0 Å². The first kappa shape index (κ1) is 28.8. The van der Waals surface area contributed by atoms with Gasteiger partial charge in [-0.25, -0.2) is 4.90 Å². The number of amides is 3. The van der Waals surface area contributed by atoms with Gasteiger partial charge in [-0.05, 0) is 84.9 Å². The van der Waals surface area contributed by atoms with Crippen LogP contribution < -0.4 is 20.3 Å². The van der Waals surface area contributed by atoms with E-state index in [1.165, 1.54) is 13.2 Å². The molecule has 0 aromatic heterocycles. The smallest absolute Gasteiger partial charge is 0.283 e. The monoisotopic (exact) mass is 667 g/mol. The second kappa shape index (κ2) is 12.4. The van der Waals surface area contributed by atoms with Gasteiger partial charge in [-0.1, -0.05) is 57.0 Å². The number of methoxy groups -OCH3 is 1. The van der Waals surface area contributed by atoms with E-state index < -0.39 is 17.7 Å². The molecule has 4 aromatic carbocycles. The molecule has 0 radical (unpaired) electrons. The lowest BCUT2D eigenvalue weighted by atomic mass is 10.2. The molecule has 11 heteroatoms. The highest BCUT2D eigenvalue weighted by molar-refractivity contribution is 9.10. The quantitative estimate of drug-likeness (QED) is 0.185. The van der Waals surface area contributed by atoms with Gasteiger partial charge in [-0.15, -0.1) is 0 Å². The summed E-state index contributed by atoms with van der Waals surface area (Å²) in [6.07, 6.45) is 0. The SMILES string of the molecule is COc1ccc(N2C(=O)C(Nc3ccc(Br)cc3)=C(Sc3cccc(NC(=O)c4ccc(Cl)cc4Cl)c3)C2=O)cc1. The van der Waals surface area contributed by atoms with Gasteiger partial charge < -0.3 is 15.4 Å². The van der Waals surface area contributed by atoms with Crippen LogP contribution in [0.5, 0.6) is 5.75 Å². The van der Waals surface area contributed by atoms with Crippen LogP contribution in [0, 0.1) is 0 Å². The number of carbonyl (C=O) groups is 3. The number of anilines is 3. The van der Waals surface area contributed by atoms with Gasteiger partial charge in [0.25, 0.3) is 17.7 Å². The fourth-order valence-corrected chi connectivity index (χ4v) is 5.73. The molecular formula is C30H20BrCl2N3O4S. The van der Waals surface area contributed by atoms with Crippen molar-refractivity contribution in [2.75, 3.05) is 22.6 Å². The first-order chi connectivity index (χ1) is 19.7. The molecule has 0 saturated heterocycles. The topological polar surface area (TPSA) is 87.7 Å². The van der Waals surface area contributed by atoms with E-state index in [4.69, 9.17) is 27.9 Å². The Hall–Kier alpha value is -3.76. The summed E-state index contributed by atoms with van der Waals surface area (Å²) >= 11 is 16.7. The fraction of sp³-hybridized carbons (Fsp3) is 0.0333. The lowest BCUT2D eigenvalue weighted by Gasteiger charge is -2.15. The summed E-state index contributed by atoms with van der Waals surface area (Å²) in [4.78, 5) is 42.1. The van der Waals surface area contributed by atoms with Crippen molar-refractivity contribution in [2.24, 2.45) is 0 Å². The Morgan fingerprint density at radius 1 is 0.878 bits per heavy atom. The number of carbonyl (C=O) groups excluding carboxylic acids is 3. The third-order valence-corrected chi connectivity index (χ3v) is 8.12. The fourth-order valence-electron chi connectivity index (χ4n) is 3.99. The number of halogens is 3. The van der Waals surface area contributed by atoms with Crippen LogP contribution in [-0.4, -0.2) is 24.8 Å². The molecule has 0 spiro atoms. The molecule has 0 fully saturated rings. The van der Waals surface area contributed by atoms with Crippen LogP contribution in [0.3, 0.4) is 0 Å². The van der Waals surface area contributed by atoms with Gasteiger partial charge in [0.05, 0.1) is 23.4 Å². The maximum atomic E-state index is 13.7. The van der Waals surface area contributed by atoms with Crippen LogP contribution in [0.15, 0.2) is 111 Å². The lowest BCUT2D eigenvalue weighted by molar-refractivity contribution is -0.120. The number of rotatable bonds is 8. The summed E-state index contributed by atoms with van der Waals surface area (Å²) in [6.45, 7) is 0. The predicted octanol–water partition coefficient (Wildman–Crippen LogP) is 8.01. The van der Waals surface area contributed by atoms with Gasteiger partial charge in [0, 0.05) is 25.8 Å². The maximum Gasteiger partial charge on any atom is 0.283 e. The molecule has 3 amide bonds. The Morgan fingerprint density at radius 2 is 1.61 bits per heavy atom. The zero-order valence-corrected chi connectivity index (χ0v) is 25.2. The average Bonchev–Trinajstić information content (AvgIpc) is 3.18. The molecule has 7 nitrogen and oxygen atoms in total. The highest BCUT2D eigenvalue weighted by Gasteiger charge is 2.40. The van der Waals surface area contributed by atoms with Gasteiger partial charge in [0.1, 0.15) is 16.4 Å². The van der Waals surface area contributed by atoms with E-state index in [2.05, 4.69) is 26.6 Å². The van der Waals surface area contributed by atoms with Gasteiger partial charge >= 0.3 is 0 Å². The van der Waals surface area contributed by atoms with E-state index in [1.54, 1.807) is 72.8 Å². The second-order valence-corrected chi connectivity index (χ2v) is 11.5. The van der Waals surface area contributed by atoms with Gasteiger partial charge in [0.15, 0.2) is 0 Å². The van der Waals surface area contributed by atoms with E-state index in [1.807, 2.05) is 12.1 Å². The van der Waals surface area contributed by atoms with Crippen molar-refractivity contribution in [2.45, 2.75) is 4.90 Å². The van der Waals surface area contributed by atoms with Crippen molar-refractivity contribution in [3.05, 3.63) is 122 Å². The Bertz CT molecular complexity index is 1700. The number of thioether (sulfide) groups is 1. The van der Waals surface area contributed by atoms with E-state index in [-0.39, 0.29) is 21.2 Å². The lowest BCUT2D eigenvalue weighted by Crippen LogP contribution is -2.32. The van der Waals surface area contributed by atoms with Crippen molar-refractivity contribution in [1.29, 1.82) is 0 Å². The molecule has 1 aliphatic heterocycles. The van der Waals surface area contributed by atoms with Crippen molar-refractivity contribution in [3.63, 3.8) is 0 Å². The predicted molar refractivity (Wildman–Crippen MR) is 167 cm³/mol. The average molecular weight is 669 g/mol. The minimum absolute atomic E-state index is 0.139. The number of hydrogen-bond donors (Lipinski definition) is 2. The maximum absolute atomic E-state index is 13.7. The third-order valence-electron chi connectivity index (χ3n) is 5.97. The second-order valence-electron chi connectivity index (χ2n) is 8.69. The minimum Gasteiger partial charge on any atom is -0.497 e. The van der Waals surface area contributed by atoms with Crippen LogP contribution in [0.25, 0.3) is 0 Å². The molecule has 4 aromatic rings. The molecule has 0 saturated carbocycles. The van der Waals surface area contributed by atoms with Gasteiger partial charge in [0.2, 0.25) is 0 Å². The summed E-state index contributed by atoms with van der Waals surface area (Å²) in [6, 6.07) is 25.5. The molecular weight excluding hydrogens is 649 g/mol. The Kier molecular flexibility index (Phi) is 8.70. The molecule has 2 N–H and O–H groups in total. The number of imide groups is 1. The first-order valence-electron chi connectivity index (χ1n) is 12.1. The van der Waals surface area contributed by atoms with E-state index in [0.29, 0.717) is 32.7 Å². The zero-order valence-electron chi connectivity index (χ0n) is 21.3. The van der Waals surface area contributed by atoms with Crippen molar-refractivity contribution < 1.29 is 19.1 Å². The minimum atomic E-state index is -0.493. The van der Waals surface area contributed by atoms with E-state index in [9.17, 15) is 14.4 Å². The molecule has 0 bridgehead atoms. The van der Waals surface area contributed by atoms with Gasteiger partial charge in [-0.3, -0.25) is 14.4 Å². The van der Waals surface area contributed by atoms with Crippen LogP contribution in [0.4, 0.5) is 17.1 Å². The molecule has 0 aliphatic carbocycles. The van der Waals surface area contributed by atoms with E-state index >= 15 is 0 Å². The largest absolute Gasteiger partial charge is 0.497 e. The number of hydrogen-bond acceptors (Lipinski definition) is 6. The van der Waals surface area contributed by atoms with Gasteiger partial charge in [-0.2, -0.15) is 0 Å². The van der Waals surface area contributed by atoms with Crippen LogP contribution in [-0.2, 0) is 9.59 Å². The molecule has 1 aliphatic rings. The van der Waals surface area contributed by atoms with Crippen LogP contribution in [0.1, 0.15) is 10.4 Å². The number of nitrogens with one attached hydrogen (secondary N) is 2. The summed E-state index contributed by atoms with van der Waals surface area (Å²) in [5, 5.41) is 6.59. The molecule has 0 atom stereocenters. The highest BCUT2D eigenvalue weighted by atomic mass is 79.9. The standard InChI is InChI=1S/C30H20BrCl2N3O4S/c1-40-22-12-10-21(11-13-22)36-29(38)26(34-19-8-5-17(31)6-9-19)27(30(36)39)41-23-4-2-3-20(16-23)35-28(37)24-14-7-18(32)15-25(24)33/h2-16,34H,1H3,(H,35,37). The highest BCUT2D eigenvalue weighted by Crippen LogP contribution is 2.39. The third kappa shape index (κ3) is 6.44. The zero-order chi connectivity index (χ0) is 29.1. The Morgan fingerprint density at radius 3 is 2.29 bits per heavy atom. The van der Waals surface area contributed by atoms with E-state index in [0.717, 1.165) is 21.1 Å². The summed E-state index contributed by atoms with van der Waals surface area (Å²) in [5.74, 6) is -0.787. The van der Waals surface area contributed by atoms with Crippen molar-refractivity contribution in [3.8, 4) is 5.75 Å². The number of ether oxygens (including phenoxy) is 1. The molecule has 0 unspecified atom stereocenters. The summed E-state index contributed by atoms with van der Waals surface area (Å²) in [7, 11) is 1.54. The number of nitrogens with zero attached hydrogens (tertiary/aromatic N) is 1. The number of benzene rings is 4. The first-order valence-corrected chi connectivity index (χ1v) is 14.4. The molecule has 41 heavy (non-hydrogen) atoms. The molecule has 1 heterocycles. The van der Waals surface area contributed by atoms with Crippen LogP contribution >= 0.6 is 50.9 Å².